The summed E-state index contributed by atoms with van der Waals surface area (Å²) in [5.74, 6) is 0.546. The molecule has 0 aromatic rings. The van der Waals surface area contributed by atoms with Crippen molar-refractivity contribution in [2.45, 2.75) is 51.7 Å². The normalized spacial score (nSPS) is 16.1. The van der Waals surface area contributed by atoms with Crippen LogP contribution in [0.15, 0.2) is 0 Å². The number of nitrogens with one attached hydrogen (secondary N) is 1. The minimum atomic E-state index is -0.0537. The van der Waals surface area contributed by atoms with Crippen LogP contribution in [0.25, 0.3) is 0 Å². The van der Waals surface area contributed by atoms with Crippen LogP contribution in [-0.4, -0.2) is 39.5 Å². The molecule has 0 aliphatic rings. The van der Waals surface area contributed by atoms with E-state index >= 15 is 0 Å². The lowest BCUT2D eigenvalue weighted by molar-refractivity contribution is -0.0615. The summed E-state index contributed by atoms with van der Waals surface area (Å²) in [4.78, 5) is 0. The van der Waals surface area contributed by atoms with Crippen LogP contribution in [0.5, 0.6) is 0 Å². The van der Waals surface area contributed by atoms with Gasteiger partial charge in [0.1, 0.15) is 0 Å². The van der Waals surface area contributed by atoms with Crippen molar-refractivity contribution >= 4 is 0 Å². The molecule has 0 rings (SSSR count). The van der Waals surface area contributed by atoms with Gasteiger partial charge in [-0.2, -0.15) is 0 Å². The fraction of sp³-hybridized carbons (Fsp3) is 1.00. The second-order valence-corrected chi connectivity index (χ2v) is 4.50. The third-order valence-corrected chi connectivity index (χ3v) is 3.83. The number of methoxy groups -OCH3 is 2. The molecule has 0 amide bonds. The zero-order valence-corrected chi connectivity index (χ0v) is 11.8. The molecule has 0 spiro atoms. The highest BCUT2D eigenvalue weighted by molar-refractivity contribution is 4.93. The van der Waals surface area contributed by atoms with Crippen LogP contribution in [0, 0.1) is 5.92 Å². The highest BCUT2D eigenvalue weighted by Gasteiger charge is 2.37. The standard InChI is InChI=1S/C13H29NO2/c1-7-13(8-2,16-6)12(14-4)11(3)9-10-15-5/h11-12,14H,7-10H2,1-6H3. The van der Waals surface area contributed by atoms with Crippen LogP contribution in [-0.2, 0) is 9.47 Å². The minimum absolute atomic E-state index is 0.0537. The van der Waals surface area contributed by atoms with Crippen LogP contribution < -0.4 is 5.32 Å². The smallest absolute Gasteiger partial charge is 0.0828 e. The summed E-state index contributed by atoms with van der Waals surface area (Å²) in [6.07, 6.45) is 3.12. The Morgan fingerprint density at radius 2 is 1.75 bits per heavy atom. The molecule has 3 heteroatoms. The van der Waals surface area contributed by atoms with Crippen molar-refractivity contribution in [3.05, 3.63) is 0 Å². The van der Waals surface area contributed by atoms with Crippen molar-refractivity contribution in [3.63, 3.8) is 0 Å². The van der Waals surface area contributed by atoms with Gasteiger partial charge in [-0.05, 0) is 32.2 Å². The third kappa shape index (κ3) is 3.72. The van der Waals surface area contributed by atoms with Gasteiger partial charge in [0, 0.05) is 26.9 Å². The molecule has 98 valence electrons. The highest BCUT2D eigenvalue weighted by Crippen LogP contribution is 2.29. The van der Waals surface area contributed by atoms with E-state index in [0.717, 1.165) is 25.9 Å². The molecule has 2 unspecified atom stereocenters. The Kier molecular flexibility index (Phi) is 7.98. The summed E-state index contributed by atoms with van der Waals surface area (Å²) in [5.41, 5.74) is -0.0537. The molecule has 3 nitrogen and oxygen atoms in total. The van der Waals surface area contributed by atoms with Gasteiger partial charge < -0.3 is 14.8 Å². The Bertz CT molecular complexity index is 161. The first-order chi connectivity index (χ1) is 7.61. The molecule has 16 heavy (non-hydrogen) atoms. The zero-order chi connectivity index (χ0) is 12.6. The fourth-order valence-electron chi connectivity index (χ4n) is 2.64. The third-order valence-electron chi connectivity index (χ3n) is 3.83. The van der Waals surface area contributed by atoms with Crippen LogP contribution >= 0.6 is 0 Å². The number of likely N-dealkylation sites (N-methyl/N-ethyl adjacent to an activating group) is 1. The summed E-state index contributed by atoms with van der Waals surface area (Å²) < 4.78 is 10.9. The van der Waals surface area contributed by atoms with Gasteiger partial charge in [0.05, 0.1) is 5.60 Å². The van der Waals surface area contributed by atoms with Crippen LogP contribution in [0.4, 0.5) is 0 Å². The molecule has 0 heterocycles. The van der Waals surface area contributed by atoms with Gasteiger partial charge >= 0.3 is 0 Å². The first kappa shape index (κ1) is 15.9. The maximum absolute atomic E-state index is 5.79. The summed E-state index contributed by atoms with van der Waals surface area (Å²) in [6.45, 7) is 7.46. The van der Waals surface area contributed by atoms with Gasteiger partial charge in [0.2, 0.25) is 0 Å². The molecule has 2 atom stereocenters. The Morgan fingerprint density at radius 3 is 2.06 bits per heavy atom. The largest absolute Gasteiger partial charge is 0.385 e. The lowest BCUT2D eigenvalue weighted by Gasteiger charge is -2.41. The van der Waals surface area contributed by atoms with Crippen molar-refractivity contribution in [1.82, 2.24) is 5.32 Å². The maximum Gasteiger partial charge on any atom is 0.0828 e. The van der Waals surface area contributed by atoms with Gasteiger partial charge in [0.25, 0.3) is 0 Å². The van der Waals surface area contributed by atoms with E-state index in [1.165, 1.54) is 0 Å². The molecule has 0 aliphatic carbocycles. The number of hydrogen-bond donors (Lipinski definition) is 1. The van der Waals surface area contributed by atoms with E-state index in [9.17, 15) is 0 Å². The van der Waals surface area contributed by atoms with Crippen molar-refractivity contribution < 1.29 is 9.47 Å². The maximum atomic E-state index is 5.79. The second-order valence-electron chi connectivity index (χ2n) is 4.50. The molecule has 0 aromatic carbocycles. The first-order valence-corrected chi connectivity index (χ1v) is 6.33. The van der Waals surface area contributed by atoms with Gasteiger partial charge in [-0.3, -0.25) is 0 Å². The van der Waals surface area contributed by atoms with Crippen LogP contribution in [0.2, 0.25) is 0 Å². The summed E-state index contributed by atoms with van der Waals surface area (Å²) in [5, 5.41) is 3.42. The molecule has 0 radical (unpaired) electrons. The number of rotatable bonds is 9. The van der Waals surface area contributed by atoms with Crippen LogP contribution in [0.1, 0.15) is 40.0 Å². The van der Waals surface area contributed by atoms with Gasteiger partial charge in [-0.15, -0.1) is 0 Å². The number of ether oxygens (including phenoxy) is 2. The Morgan fingerprint density at radius 1 is 1.19 bits per heavy atom. The Balaban J connectivity index is 4.64. The van der Waals surface area contributed by atoms with Crippen LogP contribution in [0.3, 0.4) is 0 Å². The van der Waals surface area contributed by atoms with E-state index in [2.05, 4.69) is 26.1 Å². The minimum Gasteiger partial charge on any atom is -0.385 e. The molecule has 0 saturated heterocycles. The van der Waals surface area contributed by atoms with Gasteiger partial charge in [-0.1, -0.05) is 20.8 Å². The quantitative estimate of drug-likeness (QED) is 0.661. The van der Waals surface area contributed by atoms with Gasteiger partial charge in [0.15, 0.2) is 0 Å². The summed E-state index contributed by atoms with van der Waals surface area (Å²) >= 11 is 0. The van der Waals surface area contributed by atoms with Crippen molar-refractivity contribution in [3.8, 4) is 0 Å². The SMILES string of the molecule is CCC(CC)(OC)C(NC)C(C)CCOC. The van der Waals surface area contributed by atoms with Crippen molar-refractivity contribution in [2.75, 3.05) is 27.9 Å². The Hall–Kier alpha value is -0.120. The molecule has 0 aliphatic heterocycles. The van der Waals surface area contributed by atoms with E-state index in [4.69, 9.17) is 9.47 Å². The lowest BCUT2D eigenvalue weighted by Crippen LogP contribution is -2.54. The molecule has 1 N–H and O–H groups in total. The van der Waals surface area contributed by atoms with E-state index in [1.54, 1.807) is 7.11 Å². The fourth-order valence-corrected chi connectivity index (χ4v) is 2.64. The van der Waals surface area contributed by atoms with Gasteiger partial charge in [-0.25, -0.2) is 0 Å². The monoisotopic (exact) mass is 231 g/mol. The lowest BCUT2D eigenvalue weighted by atomic mass is 9.80. The van der Waals surface area contributed by atoms with Crippen molar-refractivity contribution in [1.29, 1.82) is 0 Å². The molecule has 0 fully saturated rings. The van der Waals surface area contributed by atoms with E-state index in [1.807, 2.05) is 14.2 Å². The molecule has 0 aromatic heterocycles. The average Bonchev–Trinajstić information content (AvgIpc) is 2.33. The average molecular weight is 231 g/mol. The predicted octanol–water partition coefficient (Wildman–Crippen LogP) is 2.45. The number of hydrogen-bond acceptors (Lipinski definition) is 3. The van der Waals surface area contributed by atoms with E-state index in [-0.39, 0.29) is 5.60 Å². The molecule has 0 saturated carbocycles. The second kappa shape index (κ2) is 8.04. The first-order valence-electron chi connectivity index (χ1n) is 6.33. The molecular formula is C13H29NO2. The summed E-state index contributed by atoms with van der Waals surface area (Å²) in [6, 6.07) is 0.377. The molecule has 0 bridgehead atoms. The molecular weight excluding hydrogens is 202 g/mol. The van der Waals surface area contributed by atoms with E-state index in [0.29, 0.717) is 12.0 Å². The highest BCUT2D eigenvalue weighted by atomic mass is 16.5. The zero-order valence-electron chi connectivity index (χ0n) is 11.8. The summed E-state index contributed by atoms with van der Waals surface area (Å²) in [7, 11) is 5.59. The van der Waals surface area contributed by atoms with E-state index < -0.39 is 0 Å². The Labute approximate surface area is 101 Å². The predicted molar refractivity (Wildman–Crippen MR) is 68.8 cm³/mol. The van der Waals surface area contributed by atoms with Crippen molar-refractivity contribution in [2.24, 2.45) is 5.92 Å². The topological polar surface area (TPSA) is 30.5 Å².